The largest absolute Gasteiger partial charge is 0.348 e. The van der Waals surface area contributed by atoms with Crippen LogP contribution in [0.2, 0.25) is 5.02 Å². The minimum Gasteiger partial charge on any atom is -0.348 e. The molecule has 0 bridgehead atoms. The molecular formula is C20H20ClN5O. The van der Waals surface area contributed by atoms with Crippen LogP contribution in [0.1, 0.15) is 42.6 Å². The molecule has 4 rings (SSSR count). The van der Waals surface area contributed by atoms with Gasteiger partial charge in [-0.15, -0.1) is 5.10 Å². The zero-order valence-corrected chi connectivity index (χ0v) is 15.6. The van der Waals surface area contributed by atoms with Crippen molar-refractivity contribution in [2.24, 2.45) is 0 Å². The molecule has 0 unspecified atom stereocenters. The Balaban J connectivity index is 1.73. The van der Waals surface area contributed by atoms with Gasteiger partial charge in [-0.2, -0.15) is 0 Å². The van der Waals surface area contributed by atoms with E-state index in [1.54, 1.807) is 29.2 Å². The number of rotatable bonds is 4. The Morgan fingerprint density at radius 2 is 1.89 bits per heavy atom. The van der Waals surface area contributed by atoms with Gasteiger partial charge in [0.15, 0.2) is 5.69 Å². The molecule has 0 spiro atoms. The van der Waals surface area contributed by atoms with Gasteiger partial charge >= 0.3 is 0 Å². The van der Waals surface area contributed by atoms with E-state index in [2.05, 4.69) is 20.6 Å². The Hall–Kier alpha value is -2.73. The van der Waals surface area contributed by atoms with Crippen molar-refractivity contribution in [3.8, 4) is 16.9 Å². The summed E-state index contributed by atoms with van der Waals surface area (Å²) >= 11 is 6.00. The molecule has 0 radical (unpaired) electrons. The third kappa shape index (κ3) is 3.85. The monoisotopic (exact) mass is 381 g/mol. The molecule has 7 heteroatoms. The highest BCUT2D eigenvalue weighted by Crippen LogP contribution is 2.26. The molecular weight excluding hydrogens is 362 g/mol. The van der Waals surface area contributed by atoms with Crippen LogP contribution in [0.15, 0.2) is 48.8 Å². The first-order valence-corrected chi connectivity index (χ1v) is 9.53. The number of benzene rings is 1. The van der Waals surface area contributed by atoms with Crippen LogP contribution in [0.3, 0.4) is 0 Å². The second kappa shape index (κ2) is 7.88. The normalized spacial score (nSPS) is 14.9. The van der Waals surface area contributed by atoms with Gasteiger partial charge in [-0.1, -0.05) is 36.1 Å². The minimum atomic E-state index is -0.194. The van der Waals surface area contributed by atoms with E-state index in [-0.39, 0.29) is 11.9 Å². The van der Waals surface area contributed by atoms with E-state index in [1.807, 2.05) is 24.3 Å². The third-order valence-corrected chi connectivity index (χ3v) is 5.08. The zero-order valence-electron chi connectivity index (χ0n) is 14.8. The van der Waals surface area contributed by atoms with E-state index >= 15 is 0 Å². The number of amides is 1. The van der Waals surface area contributed by atoms with Crippen molar-refractivity contribution in [1.29, 1.82) is 0 Å². The molecule has 1 aliphatic carbocycles. The number of pyridine rings is 1. The smallest absolute Gasteiger partial charge is 0.274 e. The maximum Gasteiger partial charge on any atom is 0.274 e. The van der Waals surface area contributed by atoms with Crippen molar-refractivity contribution in [1.82, 2.24) is 25.3 Å². The summed E-state index contributed by atoms with van der Waals surface area (Å²) in [7, 11) is 0. The Labute approximate surface area is 162 Å². The lowest BCUT2D eigenvalue weighted by atomic mass is 9.95. The summed E-state index contributed by atoms with van der Waals surface area (Å²) < 4.78 is 1.66. The highest BCUT2D eigenvalue weighted by Gasteiger charge is 2.25. The van der Waals surface area contributed by atoms with Gasteiger partial charge in [-0.25, -0.2) is 4.68 Å². The summed E-state index contributed by atoms with van der Waals surface area (Å²) in [6, 6.07) is 11.2. The van der Waals surface area contributed by atoms with E-state index in [4.69, 9.17) is 11.6 Å². The predicted octanol–water partition coefficient (Wildman–Crippen LogP) is 4.05. The van der Waals surface area contributed by atoms with E-state index in [1.165, 1.54) is 6.42 Å². The Kier molecular flexibility index (Phi) is 5.16. The van der Waals surface area contributed by atoms with Gasteiger partial charge in [-0.3, -0.25) is 9.78 Å². The molecule has 0 atom stereocenters. The number of aromatic nitrogens is 4. The molecule has 1 aromatic carbocycles. The molecule has 138 valence electrons. The van der Waals surface area contributed by atoms with Crippen LogP contribution in [0.25, 0.3) is 16.9 Å². The maximum atomic E-state index is 12.9. The fourth-order valence-corrected chi connectivity index (χ4v) is 3.59. The highest BCUT2D eigenvalue weighted by atomic mass is 35.5. The summed E-state index contributed by atoms with van der Waals surface area (Å²) in [6.07, 6.45) is 8.97. The van der Waals surface area contributed by atoms with Crippen LogP contribution in [-0.4, -0.2) is 31.9 Å². The average molecular weight is 382 g/mol. The second-order valence-electron chi connectivity index (χ2n) is 6.72. The molecule has 1 N–H and O–H groups in total. The number of carbonyl (C=O) groups excluding carboxylic acids is 1. The van der Waals surface area contributed by atoms with Crippen molar-refractivity contribution >= 4 is 17.5 Å². The van der Waals surface area contributed by atoms with Gasteiger partial charge in [0.25, 0.3) is 5.91 Å². The van der Waals surface area contributed by atoms with Gasteiger partial charge in [0.05, 0.1) is 5.69 Å². The van der Waals surface area contributed by atoms with Crippen molar-refractivity contribution in [3.05, 3.63) is 59.5 Å². The van der Waals surface area contributed by atoms with Gasteiger partial charge in [0.1, 0.15) is 5.69 Å². The number of halogens is 1. The van der Waals surface area contributed by atoms with Gasteiger partial charge in [0, 0.05) is 29.0 Å². The molecule has 1 saturated carbocycles. The van der Waals surface area contributed by atoms with Crippen LogP contribution in [0, 0.1) is 0 Å². The SMILES string of the molecule is O=C(NC1CCCCC1)c1nnn(-c2ccc(Cl)cc2)c1-c1cccnc1. The highest BCUT2D eigenvalue weighted by molar-refractivity contribution is 6.30. The van der Waals surface area contributed by atoms with Gasteiger partial charge in [-0.05, 0) is 49.2 Å². The molecule has 6 nitrogen and oxygen atoms in total. The van der Waals surface area contributed by atoms with Crippen LogP contribution < -0.4 is 5.32 Å². The first-order chi connectivity index (χ1) is 13.2. The Bertz CT molecular complexity index is 917. The Morgan fingerprint density at radius 3 is 2.59 bits per heavy atom. The summed E-state index contributed by atoms with van der Waals surface area (Å²) in [5, 5.41) is 12.2. The average Bonchev–Trinajstić information content (AvgIpc) is 3.15. The van der Waals surface area contributed by atoms with Crippen molar-refractivity contribution in [3.63, 3.8) is 0 Å². The molecule has 1 fully saturated rings. The summed E-state index contributed by atoms with van der Waals surface area (Å²) in [4.78, 5) is 17.1. The zero-order chi connectivity index (χ0) is 18.6. The van der Waals surface area contributed by atoms with Crippen LogP contribution in [-0.2, 0) is 0 Å². The fourth-order valence-electron chi connectivity index (χ4n) is 3.46. The molecule has 3 aromatic rings. The second-order valence-corrected chi connectivity index (χ2v) is 7.16. The number of hydrogen-bond donors (Lipinski definition) is 1. The van der Waals surface area contributed by atoms with Crippen molar-refractivity contribution in [2.75, 3.05) is 0 Å². The quantitative estimate of drug-likeness (QED) is 0.740. The molecule has 1 amide bonds. The van der Waals surface area contributed by atoms with Gasteiger partial charge < -0.3 is 5.32 Å². The molecule has 0 saturated heterocycles. The summed E-state index contributed by atoms with van der Waals surface area (Å²) in [6.45, 7) is 0. The molecule has 2 heterocycles. The fraction of sp³-hybridized carbons (Fsp3) is 0.300. The Morgan fingerprint density at radius 1 is 1.11 bits per heavy atom. The first kappa shape index (κ1) is 17.7. The summed E-state index contributed by atoms with van der Waals surface area (Å²) in [5.74, 6) is -0.194. The number of carbonyl (C=O) groups is 1. The standard InChI is InChI=1S/C20H20ClN5O/c21-15-8-10-17(11-9-15)26-19(14-5-4-12-22-13-14)18(24-25-26)20(27)23-16-6-2-1-3-7-16/h4-5,8-13,16H,1-3,6-7H2,(H,23,27). The van der Waals surface area contributed by atoms with Crippen molar-refractivity contribution < 1.29 is 4.79 Å². The van der Waals surface area contributed by atoms with Crippen molar-refractivity contribution in [2.45, 2.75) is 38.1 Å². The first-order valence-electron chi connectivity index (χ1n) is 9.15. The number of nitrogens with one attached hydrogen (secondary N) is 1. The molecule has 2 aromatic heterocycles. The van der Waals surface area contributed by atoms with E-state index < -0.39 is 0 Å². The van der Waals surface area contributed by atoms with Crippen LogP contribution in [0.4, 0.5) is 0 Å². The topological polar surface area (TPSA) is 72.7 Å². The van der Waals surface area contributed by atoms with E-state index in [0.717, 1.165) is 36.9 Å². The summed E-state index contributed by atoms with van der Waals surface area (Å²) in [5.41, 5.74) is 2.50. The predicted molar refractivity (Wildman–Crippen MR) is 104 cm³/mol. The van der Waals surface area contributed by atoms with Crippen LogP contribution >= 0.6 is 11.6 Å². The number of nitrogens with zero attached hydrogens (tertiary/aromatic N) is 4. The number of hydrogen-bond acceptors (Lipinski definition) is 4. The maximum absolute atomic E-state index is 12.9. The molecule has 1 aliphatic rings. The van der Waals surface area contributed by atoms with Gasteiger partial charge in [0.2, 0.25) is 0 Å². The minimum absolute atomic E-state index is 0.194. The molecule has 27 heavy (non-hydrogen) atoms. The lowest BCUT2D eigenvalue weighted by Crippen LogP contribution is -2.36. The van der Waals surface area contributed by atoms with Crippen LogP contribution in [0.5, 0.6) is 0 Å². The molecule has 0 aliphatic heterocycles. The third-order valence-electron chi connectivity index (χ3n) is 4.83. The lowest BCUT2D eigenvalue weighted by molar-refractivity contribution is 0.0923. The van der Waals surface area contributed by atoms with E-state index in [9.17, 15) is 4.79 Å². The lowest BCUT2D eigenvalue weighted by Gasteiger charge is -2.22. The van der Waals surface area contributed by atoms with E-state index in [0.29, 0.717) is 16.4 Å².